The van der Waals surface area contributed by atoms with E-state index in [2.05, 4.69) is 10.1 Å². The standard InChI is InChI=1S/C8H7N3O2S/c1-11-6(7-9-2-3-14-7)5(4-10-11)8(12)13/h2-4H,1H3,(H,12,13). The maximum atomic E-state index is 10.9. The van der Waals surface area contributed by atoms with Crippen LogP contribution in [0.25, 0.3) is 10.7 Å². The van der Waals surface area contributed by atoms with Crippen LogP contribution < -0.4 is 0 Å². The van der Waals surface area contributed by atoms with Crippen molar-refractivity contribution in [2.75, 3.05) is 0 Å². The average Bonchev–Trinajstić information content (AvgIpc) is 2.71. The Balaban J connectivity index is 2.62. The fourth-order valence-electron chi connectivity index (χ4n) is 1.19. The summed E-state index contributed by atoms with van der Waals surface area (Å²) < 4.78 is 1.52. The van der Waals surface area contributed by atoms with E-state index in [4.69, 9.17) is 5.11 Å². The van der Waals surface area contributed by atoms with Crippen LogP contribution in [0.15, 0.2) is 17.8 Å². The minimum atomic E-state index is -0.983. The van der Waals surface area contributed by atoms with Crippen LogP contribution in [0, 0.1) is 0 Å². The molecular formula is C8H7N3O2S. The van der Waals surface area contributed by atoms with E-state index in [0.29, 0.717) is 10.7 Å². The number of carboxylic acids is 1. The number of hydrogen-bond donors (Lipinski definition) is 1. The summed E-state index contributed by atoms with van der Waals surface area (Å²) in [6.45, 7) is 0. The second kappa shape index (κ2) is 3.22. The van der Waals surface area contributed by atoms with Crippen molar-refractivity contribution < 1.29 is 9.90 Å². The lowest BCUT2D eigenvalue weighted by atomic mass is 10.2. The lowest BCUT2D eigenvalue weighted by molar-refractivity contribution is 0.0697. The quantitative estimate of drug-likeness (QED) is 0.808. The number of rotatable bonds is 2. The third-order valence-electron chi connectivity index (χ3n) is 1.80. The normalized spacial score (nSPS) is 10.4. The molecule has 2 rings (SSSR count). The van der Waals surface area contributed by atoms with E-state index in [1.54, 1.807) is 18.6 Å². The van der Waals surface area contributed by atoms with E-state index in [9.17, 15) is 4.79 Å². The van der Waals surface area contributed by atoms with Crippen LogP contribution in [0.2, 0.25) is 0 Å². The lowest BCUT2D eigenvalue weighted by Crippen LogP contribution is -2.00. The minimum absolute atomic E-state index is 0.183. The number of carbonyl (C=O) groups is 1. The molecule has 14 heavy (non-hydrogen) atoms. The summed E-state index contributed by atoms with van der Waals surface area (Å²) in [6, 6.07) is 0. The molecule has 0 aromatic carbocycles. The van der Waals surface area contributed by atoms with E-state index < -0.39 is 5.97 Å². The summed E-state index contributed by atoms with van der Waals surface area (Å²) in [5.74, 6) is -0.983. The zero-order chi connectivity index (χ0) is 10.1. The predicted octanol–water partition coefficient (Wildman–Crippen LogP) is 1.24. The van der Waals surface area contributed by atoms with Crippen molar-refractivity contribution in [2.45, 2.75) is 0 Å². The third-order valence-corrected chi connectivity index (χ3v) is 2.58. The summed E-state index contributed by atoms with van der Waals surface area (Å²) in [7, 11) is 1.70. The van der Waals surface area contributed by atoms with Gasteiger partial charge in [0.2, 0.25) is 0 Å². The van der Waals surface area contributed by atoms with E-state index in [-0.39, 0.29) is 5.56 Å². The first-order chi connectivity index (χ1) is 6.70. The first kappa shape index (κ1) is 8.89. The van der Waals surface area contributed by atoms with Crippen LogP contribution in [0.3, 0.4) is 0 Å². The van der Waals surface area contributed by atoms with Crippen LogP contribution >= 0.6 is 11.3 Å². The molecule has 0 amide bonds. The summed E-state index contributed by atoms with van der Waals surface area (Å²) in [6.07, 6.45) is 2.97. The first-order valence-electron chi connectivity index (χ1n) is 3.85. The molecule has 0 aliphatic carbocycles. The van der Waals surface area contributed by atoms with Gasteiger partial charge in [-0.15, -0.1) is 11.3 Å². The van der Waals surface area contributed by atoms with Crippen molar-refractivity contribution in [1.29, 1.82) is 0 Å². The zero-order valence-electron chi connectivity index (χ0n) is 7.34. The Hall–Kier alpha value is -1.69. The van der Waals surface area contributed by atoms with Crippen LogP contribution in [0.4, 0.5) is 0 Å². The molecular weight excluding hydrogens is 202 g/mol. The number of aryl methyl sites for hydroxylation is 1. The van der Waals surface area contributed by atoms with E-state index in [1.165, 1.54) is 22.2 Å². The van der Waals surface area contributed by atoms with Gasteiger partial charge in [0.25, 0.3) is 0 Å². The Kier molecular flexibility index (Phi) is 2.05. The van der Waals surface area contributed by atoms with Crippen LogP contribution in [0.5, 0.6) is 0 Å². The highest BCUT2D eigenvalue weighted by Crippen LogP contribution is 2.24. The van der Waals surface area contributed by atoms with Gasteiger partial charge in [-0.3, -0.25) is 4.68 Å². The van der Waals surface area contributed by atoms with Gasteiger partial charge in [-0.1, -0.05) is 0 Å². The molecule has 0 fully saturated rings. The van der Waals surface area contributed by atoms with Crippen LogP contribution in [-0.4, -0.2) is 25.8 Å². The number of carboxylic acid groups (broad SMARTS) is 1. The summed E-state index contributed by atoms with van der Waals surface area (Å²) in [4.78, 5) is 14.9. The predicted molar refractivity (Wildman–Crippen MR) is 51.3 cm³/mol. The Labute approximate surface area is 83.6 Å². The van der Waals surface area contributed by atoms with Gasteiger partial charge in [-0.2, -0.15) is 5.10 Å². The van der Waals surface area contributed by atoms with Gasteiger partial charge in [0.1, 0.15) is 16.3 Å². The summed E-state index contributed by atoms with van der Waals surface area (Å²) in [5.41, 5.74) is 0.731. The molecule has 0 aliphatic heterocycles. The van der Waals surface area contributed by atoms with Crippen molar-refractivity contribution in [3.63, 3.8) is 0 Å². The highest BCUT2D eigenvalue weighted by atomic mass is 32.1. The van der Waals surface area contributed by atoms with E-state index in [1.807, 2.05) is 0 Å². The second-order valence-electron chi connectivity index (χ2n) is 2.67. The third kappa shape index (κ3) is 1.29. The number of aromatic carboxylic acids is 1. The van der Waals surface area contributed by atoms with Gasteiger partial charge in [-0.25, -0.2) is 9.78 Å². The summed E-state index contributed by atoms with van der Waals surface area (Å²) in [5, 5.41) is 15.3. The van der Waals surface area contributed by atoms with Crippen molar-refractivity contribution >= 4 is 17.3 Å². The highest BCUT2D eigenvalue weighted by Gasteiger charge is 2.17. The SMILES string of the molecule is Cn1ncc(C(=O)O)c1-c1nccs1. The molecule has 0 radical (unpaired) electrons. The van der Waals surface area contributed by atoms with Crippen molar-refractivity contribution in [3.05, 3.63) is 23.3 Å². The largest absolute Gasteiger partial charge is 0.478 e. The fourth-order valence-corrected chi connectivity index (χ4v) is 1.91. The van der Waals surface area contributed by atoms with Gasteiger partial charge >= 0.3 is 5.97 Å². The van der Waals surface area contributed by atoms with Crippen LogP contribution in [0.1, 0.15) is 10.4 Å². The monoisotopic (exact) mass is 209 g/mol. The second-order valence-corrected chi connectivity index (χ2v) is 3.57. The van der Waals surface area contributed by atoms with Crippen molar-refractivity contribution in [3.8, 4) is 10.7 Å². The molecule has 0 saturated carbocycles. The Morgan fingerprint density at radius 3 is 3.00 bits per heavy atom. The summed E-state index contributed by atoms with van der Waals surface area (Å²) >= 11 is 1.39. The Morgan fingerprint density at radius 2 is 2.43 bits per heavy atom. The highest BCUT2D eigenvalue weighted by molar-refractivity contribution is 7.13. The molecule has 2 aromatic heterocycles. The molecule has 0 spiro atoms. The molecule has 1 N–H and O–H groups in total. The number of aromatic nitrogens is 3. The van der Waals surface area contributed by atoms with E-state index >= 15 is 0 Å². The number of hydrogen-bond acceptors (Lipinski definition) is 4. The molecule has 0 saturated heterocycles. The molecule has 0 bridgehead atoms. The fraction of sp³-hybridized carbons (Fsp3) is 0.125. The van der Waals surface area contributed by atoms with Gasteiger partial charge in [0.15, 0.2) is 0 Å². The molecule has 72 valence electrons. The molecule has 2 aromatic rings. The Morgan fingerprint density at radius 1 is 1.64 bits per heavy atom. The number of thiazole rings is 1. The molecule has 5 nitrogen and oxygen atoms in total. The molecule has 0 unspecified atom stereocenters. The maximum absolute atomic E-state index is 10.9. The zero-order valence-corrected chi connectivity index (χ0v) is 8.15. The molecule has 0 aliphatic rings. The lowest BCUT2D eigenvalue weighted by Gasteiger charge is -1.98. The molecule has 6 heteroatoms. The van der Waals surface area contributed by atoms with E-state index in [0.717, 1.165) is 0 Å². The van der Waals surface area contributed by atoms with Gasteiger partial charge in [-0.05, 0) is 0 Å². The Bertz CT molecular complexity index is 461. The average molecular weight is 209 g/mol. The topological polar surface area (TPSA) is 68.0 Å². The van der Waals surface area contributed by atoms with Crippen molar-refractivity contribution in [2.24, 2.45) is 7.05 Å². The first-order valence-corrected chi connectivity index (χ1v) is 4.73. The molecule has 2 heterocycles. The van der Waals surface area contributed by atoms with Gasteiger partial charge < -0.3 is 5.11 Å². The van der Waals surface area contributed by atoms with Gasteiger partial charge in [0.05, 0.1) is 6.20 Å². The molecule has 0 atom stereocenters. The minimum Gasteiger partial charge on any atom is -0.478 e. The van der Waals surface area contributed by atoms with Crippen molar-refractivity contribution in [1.82, 2.24) is 14.8 Å². The number of nitrogens with zero attached hydrogens (tertiary/aromatic N) is 3. The maximum Gasteiger partial charge on any atom is 0.339 e. The van der Waals surface area contributed by atoms with Crippen LogP contribution in [-0.2, 0) is 7.05 Å². The smallest absolute Gasteiger partial charge is 0.339 e. The van der Waals surface area contributed by atoms with Gasteiger partial charge in [0, 0.05) is 18.6 Å².